The summed E-state index contributed by atoms with van der Waals surface area (Å²) in [6, 6.07) is 10.6. The quantitative estimate of drug-likeness (QED) is 0.235. The van der Waals surface area contributed by atoms with Crippen LogP contribution in [0.3, 0.4) is 0 Å². The molecule has 0 aliphatic carbocycles. The van der Waals surface area contributed by atoms with Gasteiger partial charge in [0.2, 0.25) is 0 Å². The number of hydrogen-bond donors (Lipinski definition) is 7. The molecule has 2 aliphatic rings. The number of nitrogens with zero attached hydrogens (tertiary/aromatic N) is 1. The molecule has 9 nitrogen and oxygen atoms in total. The zero-order valence-corrected chi connectivity index (χ0v) is 15.1. The van der Waals surface area contributed by atoms with E-state index in [2.05, 4.69) is 21.5 Å². The maximum absolute atomic E-state index is 12.2. The summed E-state index contributed by atoms with van der Waals surface area (Å²) < 4.78 is 0. The number of nitrogens with one attached hydrogen (secondary N) is 5. The Kier molecular flexibility index (Phi) is 4.21. The molecule has 0 bridgehead atoms. The fourth-order valence-corrected chi connectivity index (χ4v) is 3.52. The molecule has 1 unspecified atom stereocenters. The number of carbonyl (C=O) groups is 1. The van der Waals surface area contributed by atoms with E-state index >= 15 is 0 Å². The molecule has 2 aromatic rings. The molecule has 142 valence electrons. The van der Waals surface area contributed by atoms with E-state index in [1.807, 2.05) is 30.3 Å². The number of aliphatic imine (C=N–C) groups is 1. The van der Waals surface area contributed by atoms with Gasteiger partial charge in [-0.25, -0.2) is 5.43 Å². The lowest BCUT2D eigenvalue weighted by molar-refractivity contribution is -0.114. The number of hydrazine groups is 1. The largest absolute Gasteiger partial charge is 0.398 e. The Bertz CT molecular complexity index is 1060. The first kappa shape index (κ1) is 17.6. The van der Waals surface area contributed by atoms with Crippen LogP contribution in [0.2, 0.25) is 0 Å². The Morgan fingerprint density at radius 2 is 2.04 bits per heavy atom. The number of benzene rings is 2. The van der Waals surface area contributed by atoms with Gasteiger partial charge in [0.25, 0.3) is 5.91 Å². The molecule has 2 heterocycles. The standard InChI is InChI=1S/C19H20N8O/c1-23-27-12-5-3-2-4-9(12)19-25-15-14-10(8-20)11(21)6-7-13(14)24-16(15)17(26-19)18(22)28/h2-8,15,20,23-24,27H,21H2,1H3,(H2,22,28)(H,25,26). The molecular formula is C19H20N8O. The average molecular weight is 376 g/mol. The Morgan fingerprint density at radius 3 is 2.75 bits per heavy atom. The zero-order valence-electron chi connectivity index (χ0n) is 15.1. The maximum atomic E-state index is 12.2. The van der Waals surface area contributed by atoms with E-state index in [0.29, 0.717) is 22.8 Å². The van der Waals surface area contributed by atoms with Crippen molar-refractivity contribution in [2.45, 2.75) is 6.04 Å². The molecule has 2 aliphatic heterocycles. The molecule has 0 saturated carbocycles. The van der Waals surface area contributed by atoms with Crippen LogP contribution in [-0.4, -0.2) is 25.0 Å². The molecule has 0 saturated heterocycles. The zero-order chi connectivity index (χ0) is 19.8. The summed E-state index contributed by atoms with van der Waals surface area (Å²) in [6.07, 6.45) is 1.20. The van der Waals surface area contributed by atoms with Crippen LogP contribution >= 0.6 is 0 Å². The average Bonchev–Trinajstić information content (AvgIpc) is 3.06. The predicted octanol–water partition coefficient (Wildman–Crippen LogP) is 1.03. The van der Waals surface area contributed by atoms with E-state index in [9.17, 15) is 4.79 Å². The van der Waals surface area contributed by atoms with Crippen LogP contribution in [-0.2, 0) is 4.79 Å². The number of primary amides is 1. The first-order valence-corrected chi connectivity index (χ1v) is 8.66. The van der Waals surface area contributed by atoms with Crippen molar-refractivity contribution in [3.63, 3.8) is 0 Å². The number of nitrogen functional groups attached to an aromatic ring is 1. The van der Waals surface area contributed by atoms with Gasteiger partial charge < -0.3 is 32.9 Å². The highest BCUT2D eigenvalue weighted by molar-refractivity contribution is 6.10. The molecule has 0 spiro atoms. The third-order valence-electron chi connectivity index (χ3n) is 4.74. The summed E-state index contributed by atoms with van der Waals surface area (Å²) in [6.45, 7) is 0. The highest BCUT2D eigenvalue weighted by atomic mass is 16.1. The van der Waals surface area contributed by atoms with Crippen LogP contribution in [0.25, 0.3) is 0 Å². The lowest BCUT2D eigenvalue weighted by Crippen LogP contribution is -2.38. The number of fused-ring (bicyclic) bond motifs is 3. The third kappa shape index (κ3) is 2.65. The van der Waals surface area contributed by atoms with Crippen molar-refractivity contribution in [3.05, 3.63) is 64.5 Å². The molecule has 9 heteroatoms. The van der Waals surface area contributed by atoms with E-state index in [1.165, 1.54) is 6.21 Å². The second-order valence-electron chi connectivity index (χ2n) is 6.38. The van der Waals surface area contributed by atoms with Crippen molar-refractivity contribution >= 4 is 35.0 Å². The number of hydrogen-bond acceptors (Lipinski definition) is 8. The molecule has 2 aromatic carbocycles. The second-order valence-corrected chi connectivity index (χ2v) is 6.38. The van der Waals surface area contributed by atoms with Gasteiger partial charge in [0, 0.05) is 41.3 Å². The van der Waals surface area contributed by atoms with Crippen LogP contribution in [0, 0.1) is 5.41 Å². The fraction of sp³-hybridized carbons (Fsp3) is 0.105. The fourth-order valence-electron chi connectivity index (χ4n) is 3.52. The van der Waals surface area contributed by atoms with Gasteiger partial charge in [-0.2, -0.15) is 0 Å². The summed E-state index contributed by atoms with van der Waals surface area (Å²) in [5, 5.41) is 14.0. The smallest absolute Gasteiger partial charge is 0.267 e. The molecule has 0 aromatic heterocycles. The van der Waals surface area contributed by atoms with Gasteiger partial charge in [-0.1, -0.05) is 12.1 Å². The van der Waals surface area contributed by atoms with Crippen LogP contribution in [0.4, 0.5) is 17.1 Å². The van der Waals surface area contributed by atoms with Crippen molar-refractivity contribution in [2.24, 2.45) is 10.7 Å². The first-order valence-electron chi connectivity index (χ1n) is 8.66. The van der Waals surface area contributed by atoms with Gasteiger partial charge in [-0.15, -0.1) is 0 Å². The lowest BCUT2D eigenvalue weighted by atomic mass is 9.97. The summed E-state index contributed by atoms with van der Waals surface area (Å²) in [7, 11) is 1.76. The molecular weight excluding hydrogens is 356 g/mol. The van der Waals surface area contributed by atoms with Crippen LogP contribution in [0.5, 0.6) is 0 Å². The number of anilines is 3. The van der Waals surface area contributed by atoms with E-state index in [-0.39, 0.29) is 5.70 Å². The van der Waals surface area contributed by atoms with Gasteiger partial charge in [-0.05, 0) is 24.3 Å². The highest BCUT2D eigenvalue weighted by Gasteiger charge is 2.37. The number of amides is 1. The van der Waals surface area contributed by atoms with Crippen LogP contribution < -0.4 is 33.0 Å². The highest BCUT2D eigenvalue weighted by Crippen LogP contribution is 2.45. The minimum atomic E-state index is -0.601. The molecule has 1 atom stereocenters. The van der Waals surface area contributed by atoms with Gasteiger partial charge in [0.15, 0.2) is 0 Å². The number of nitrogens with two attached hydrogens (primary N) is 2. The predicted molar refractivity (Wildman–Crippen MR) is 110 cm³/mol. The van der Waals surface area contributed by atoms with Crippen molar-refractivity contribution in [2.75, 3.05) is 23.5 Å². The van der Waals surface area contributed by atoms with Crippen LogP contribution in [0.15, 0.2) is 52.8 Å². The molecule has 9 N–H and O–H groups in total. The van der Waals surface area contributed by atoms with Crippen molar-refractivity contribution in [3.8, 4) is 0 Å². The Hall–Kier alpha value is -3.85. The van der Waals surface area contributed by atoms with Crippen molar-refractivity contribution < 1.29 is 4.79 Å². The van der Waals surface area contributed by atoms with Gasteiger partial charge in [0.05, 0.1) is 11.4 Å². The second kappa shape index (κ2) is 6.71. The van der Waals surface area contributed by atoms with Crippen molar-refractivity contribution in [1.82, 2.24) is 10.7 Å². The van der Waals surface area contributed by atoms with Gasteiger partial charge >= 0.3 is 0 Å². The Morgan fingerprint density at radius 1 is 1.25 bits per heavy atom. The number of rotatable bonds is 5. The summed E-state index contributed by atoms with van der Waals surface area (Å²) in [5.41, 5.74) is 22.5. The van der Waals surface area contributed by atoms with E-state index in [4.69, 9.17) is 21.9 Å². The monoisotopic (exact) mass is 376 g/mol. The van der Waals surface area contributed by atoms with Gasteiger partial charge in [-0.3, -0.25) is 9.79 Å². The molecule has 28 heavy (non-hydrogen) atoms. The Balaban J connectivity index is 1.91. The number of amidine groups is 1. The third-order valence-corrected chi connectivity index (χ3v) is 4.74. The molecule has 4 rings (SSSR count). The van der Waals surface area contributed by atoms with Crippen LogP contribution in [0.1, 0.15) is 22.7 Å². The SMILES string of the molecule is CNNc1ccccc1C1=NC2C(=C(C(N)=O)N1)Nc1ccc(N)c(C=N)c12. The minimum Gasteiger partial charge on any atom is -0.398 e. The van der Waals surface area contributed by atoms with Gasteiger partial charge in [0.1, 0.15) is 17.6 Å². The summed E-state index contributed by atoms with van der Waals surface area (Å²) in [5.74, 6) is -0.106. The summed E-state index contributed by atoms with van der Waals surface area (Å²) in [4.78, 5) is 17.0. The first-order chi connectivity index (χ1) is 13.5. The van der Waals surface area contributed by atoms with E-state index < -0.39 is 11.9 Å². The minimum absolute atomic E-state index is 0.236. The lowest BCUT2D eigenvalue weighted by Gasteiger charge is -2.24. The normalized spacial score (nSPS) is 17.0. The molecule has 1 amide bonds. The Labute approximate surface area is 161 Å². The topological polar surface area (TPSA) is 153 Å². The molecule has 0 fully saturated rings. The maximum Gasteiger partial charge on any atom is 0.267 e. The van der Waals surface area contributed by atoms with Crippen molar-refractivity contribution in [1.29, 1.82) is 5.41 Å². The van der Waals surface area contributed by atoms with E-state index in [0.717, 1.165) is 22.5 Å². The molecule has 0 radical (unpaired) electrons. The number of carbonyl (C=O) groups excluding carboxylic acids is 1. The number of para-hydroxylation sites is 1. The van der Waals surface area contributed by atoms with E-state index in [1.54, 1.807) is 13.1 Å². The summed E-state index contributed by atoms with van der Waals surface area (Å²) >= 11 is 0.